The first-order valence-corrected chi connectivity index (χ1v) is 13.4. The lowest BCUT2D eigenvalue weighted by Gasteiger charge is -2.42. The van der Waals surface area contributed by atoms with Crippen LogP contribution in [0.1, 0.15) is 36.0 Å². The predicted octanol–water partition coefficient (Wildman–Crippen LogP) is 5.40. The second-order valence-electron chi connectivity index (χ2n) is 9.92. The quantitative estimate of drug-likeness (QED) is 0.222. The third kappa shape index (κ3) is 9.51. The third-order valence-corrected chi connectivity index (χ3v) is 7.02. The number of likely N-dealkylation sites (tertiary alicyclic amines) is 1. The van der Waals surface area contributed by atoms with Crippen molar-refractivity contribution in [2.24, 2.45) is 5.92 Å². The summed E-state index contributed by atoms with van der Waals surface area (Å²) in [4.78, 5) is 21.5. The highest BCUT2D eigenvalue weighted by Crippen LogP contribution is 2.42. The molecule has 0 aliphatic carbocycles. The molecule has 218 valence electrons. The minimum atomic E-state index is -1.29. The van der Waals surface area contributed by atoms with Crippen LogP contribution >= 0.6 is 0 Å². The molecule has 0 amide bonds. The Balaban J connectivity index is 0.000000507. The number of rotatable bonds is 10. The van der Waals surface area contributed by atoms with Crippen molar-refractivity contribution in [3.05, 3.63) is 113 Å². The van der Waals surface area contributed by atoms with E-state index in [4.69, 9.17) is 14.9 Å². The summed E-state index contributed by atoms with van der Waals surface area (Å²) < 4.78 is 32.9. The molecule has 0 aromatic heterocycles. The third-order valence-electron chi connectivity index (χ3n) is 7.02. The van der Waals surface area contributed by atoms with Crippen molar-refractivity contribution < 1.29 is 38.4 Å². The maximum atomic E-state index is 13.5. The molecule has 7 nitrogen and oxygen atoms in total. The van der Waals surface area contributed by atoms with E-state index in [9.17, 15) is 23.5 Å². The van der Waals surface area contributed by atoms with Gasteiger partial charge in [0.1, 0.15) is 23.0 Å². The van der Waals surface area contributed by atoms with Crippen LogP contribution in [0.5, 0.6) is 5.75 Å². The number of halogens is 2. The van der Waals surface area contributed by atoms with Gasteiger partial charge in [-0.2, -0.15) is 0 Å². The molecule has 0 radical (unpaired) electrons. The van der Waals surface area contributed by atoms with E-state index in [1.54, 1.807) is 24.3 Å². The van der Waals surface area contributed by atoms with Crippen LogP contribution in [0.3, 0.4) is 0 Å². The van der Waals surface area contributed by atoms with Crippen LogP contribution in [-0.4, -0.2) is 58.4 Å². The molecular formula is C32H35F2NO6. The summed E-state index contributed by atoms with van der Waals surface area (Å²) in [6.07, 6.45) is 3.64. The maximum Gasteiger partial charge on any atom is 0.328 e. The number of hydrogen-bond donors (Lipinski definition) is 3. The van der Waals surface area contributed by atoms with Gasteiger partial charge in [-0.3, -0.25) is 0 Å². The molecule has 4 rings (SSSR count). The molecule has 0 unspecified atom stereocenters. The Morgan fingerprint density at radius 2 is 1.32 bits per heavy atom. The number of piperidine rings is 1. The van der Waals surface area contributed by atoms with Crippen LogP contribution in [0.2, 0.25) is 0 Å². The van der Waals surface area contributed by atoms with Gasteiger partial charge in [0.25, 0.3) is 0 Å². The zero-order valence-electron chi connectivity index (χ0n) is 22.9. The Hall–Kier alpha value is -4.08. The number of aliphatic hydroxyl groups is 1. The highest BCUT2D eigenvalue weighted by Gasteiger charge is 2.41. The summed E-state index contributed by atoms with van der Waals surface area (Å²) in [6.45, 7) is 5.38. The number of carbonyl (C=O) groups is 2. The Kier molecular flexibility index (Phi) is 11.6. The Morgan fingerprint density at radius 3 is 1.76 bits per heavy atom. The summed E-state index contributed by atoms with van der Waals surface area (Å²) in [7, 11) is 0. The topological polar surface area (TPSA) is 107 Å². The van der Waals surface area contributed by atoms with Gasteiger partial charge in [0, 0.05) is 18.7 Å². The molecule has 0 atom stereocenters. The van der Waals surface area contributed by atoms with Gasteiger partial charge in [-0.05, 0) is 92.7 Å². The summed E-state index contributed by atoms with van der Waals surface area (Å²) >= 11 is 0. The van der Waals surface area contributed by atoms with E-state index in [2.05, 4.69) is 11.8 Å². The Morgan fingerprint density at radius 1 is 0.854 bits per heavy atom. The van der Waals surface area contributed by atoms with Crippen molar-refractivity contribution in [1.82, 2.24) is 4.90 Å². The number of aryl methyl sites for hydroxylation is 1. The largest absolute Gasteiger partial charge is 0.494 e. The van der Waals surface area contributed by atoms with Crippen LogP contribution in [0.4, 0.5) is 8.78 Å². The van der Waals surface area contributed by atoms with Crippen LogP contribution in [-0.2, 0) is 15.2 Å². The summed E-state index contributed by atoms with van der Waals surface area (Å²) in [5.74, 6) is -2.36. The average Bonchev–Trinajstić information content (AvgIpc) is 2.96. The second-order valence-corrected chi connectivity index (χ2v) is 9.92. The lowest BCUT2D eigenvalue weighted by atomic mass is 9.72. The molecule has 3 aromatic carbocycles. The normalized spacial score (nSPS) is 14.3. The summed E-state index contributed by atoms with van der Waals surface area (Å²) in [5.41, 5.74) is 1.20. The van der Waals surface area contributed by atoms with E-state index in [-0.39, 0.29) is 17.6 Å². The van der Waals surface area contributed by atoms with Gasteiger partial charge in [0.15, 0.2) is 0 Å². The molecule has 3 N–H and O–H groups in total. The first kappa shape index (κ1) is 31.4. The molecule has 9 heteroatoms. The van der Waals surface area contributed by atoms with Gasteiger partial charge >= 0.3 is 11.9 Å². The monoisotopic (exact) mass is 567 g/mol. The number of hydrogen-bond acceptors (Lipinski definition) is 5. The fourth-order valence-electron chi connectivity index (χ4n) is 4.88. The van der Waals surface area contributed by atoms with Crippen LogP contribution in [0.15, 0.2) is 84.9 Å². The lowest BCUT2D eigenvalue weighted by molar-refractivity contribution is -0.134. The molecule has 0 saturated carbocycles. The van der Waals surface area contributed by atoms with Crippen LogP contribution in [0.25, 0.3) is 0 Å². The molecule has 1 fully saturated rings. The molecular weight excluding hydrogens is 532 g/mol. The molecule has 1 heterocycles. The highest BCUT2D eigenvalue weighted by atomic mass is 19.1. The van der Waals surface area contributed by atoms with E-state index in [1.165, 1.54) is 29.8 Å². The number of benzene rings is 3. The predicted molar refractivity (Wildman–Crippen MR) is 151 cm³/mol. The Labute approximate surface area is 238 Å². The smallest absolute Gasteiger partial charge is 0.328 e. The number of carboxylic acids is 2. The van der Waals surface area contributed by atoms with E-state index in [0.717, 1.165) is 44.6 Å². The minimum Gasteiger partial charge on any atom is -0.494 e. The molecule has 0 spiro atoms. The van der Waals surface area contributed by atoms with Crippen LogP contribution in [0, 0.1) is 24.5 Å². The van der Waals surface area contributed by atoms with Crippen LogP contribution < -0.4 is 4.74 Å². The zero-order chi connectivity index (χ0) is 29.8. The SMILES string of the molecule is Cc1ccc(OCCCN2CCC(C(O)(c3ccc(F)cc3)c3ccc(F)cc3)CC2)cc1.O=C(O)C=CC(=O)O. The fourth-order valence-corrected chi connectivity index (χ4v) is 4.88. The van der Waals surface area contributed by atoms with Crippen molar-refractivity contribution >= 4 is 11.9 Å². The van der Waals surface area contributed by atoms with Gasteiger partial charge in [-0.1, -0.05) is 42.0 Å². The maximum absolute atomic E-state index is 13.5. The van der Waals surface area contributed by atoms with Crippen molar-refractivity contribution in [3.8, 4) is 5.75 Å². The molecule has 3 aromatic rings. The number of carboxylic acid groups (broad SMARTS) is 2. The first-order chi connectivity index (χ1) is 19.6. The van der Waals surface area contributed by atoms with Gasteiger partial charge in [-0.25, -0.2) is 18.4 Å². The Bertz CT molecular complexity index is 1220. The van der Waals surface area contributed by atoms with E-state index < -0.39 is 17.5 Å². The molecule has 41 heavy (non-hydrogen) atoms. The molecule has 1 aliphatic heterocycles. The summed E-state index contributed by atoms with van der Waals surface area (Å²) in [6, 6.07) is 20.1. The van der Waals surface area contributed by atoms with Crippen molar-refractivity contribution in [2.75, 3.05) is 26.2 Å². The standard InChI is InChI=1S/C28H31F2NO2.C4H4O4/c1-21-3-13-27(14-4-21)33-20-2-17-31-18-15-24(16-19-31)28(32,22-5-9-25(29)10-6-22)23-7-11-26(30)12-8-23;5-3(6)1-2-4(7)8/h3-14,24,32H,2,15-20H2,1H3;1-2H,(H,5,6)(H,7,8). The van der Waals surface area contributed by atoms with Crippen molar-refractivity contribution in [2.45, 2.75) is 31.8 Å². The molecule has 0 bridgehead atoms. The highest BCUT2D eigenvalue weighted by molar-refractivity contribution is 5.89. The second kappa shape index (κ2) is 15.1. The lowest BCUT2D eigenvalue weighted by Crippen LogP contribution is -2.44. The van der Waals surface area contributed by atoms with E-state index >= 15 is 0 Å². The zero-order valence-corrected chi connectivity index (χ0v) is 22.9. The number of nitrogens with zero attached hydrogens (tertiary/aromatic N) is 1. The first-order valence-electron chi connectivity index (χ1n) is 13.4. The van der Waals surface area contributed by atoms with Crippen molar-refractivity contribution in [3.63, 3.8) is 0 Å². The van der Waals surface area contributed by atoms with Gasteiger partial charge < -0.3 is 25.0 Å². The fraction of sp³-hybridized carbons (Fsp3) is 0.312. The average molecular weight is 568 g/mol. The summed E-state index contributed by atoms with van der Waals surface area (Å²) in [5, 5.41) is 27.5. The number of ether oxygens (including phenoxy) is 1. The van der Waals surface area contributed by atoms with Crippen molar-refractivity contribution in [1.29, 1.82) is 0 Å². The molecule has 1 saturated heterocycles. The van der Waals surface area contributed by atoms with E-state index in [0.29, 0.717) is 29.9 Å². The van der Waals surface area contributed by atoms with Gasteiger partial charge in [0.2, 0.25) is 0 Å². The molecule has 1 aliphatic rings. The number of aliphatic carboxylic acids is 2. The minimum absolute atomic E-state index is 0.0477. The van der Waals surface area contributed by atoms with Gasteiger partial charge in [0.05, 0.1) is 6.61 Å². The van der Waals surface area contributed by atoms with E-state index in [1.807, 2.05) is 24.3 Å². The van der Waals surface area contributed by atoms with Gasteiger partial charge in [-0.15, -0.1) is 0 Å².